The number of aryl methyl sites for hydroxylation is 1. The van der Waals surface area contributed by atoms with Gasteiger partial charge < -0.3 is 10.1 Å². The lowest BCUT2D eigenvalue weighted by atomic mass is 10.0. The molecule has 0 bridgehead atoms. The Kier molecular flexibility index (Phi) is 5.30. The third-order valence-electron chi connectivity index (χ3n) is 3.43. The first kappa shape index (κ1) is 14.9. The van der Waals surface area contributed by atoms with Gasteiger partial charge in [0.15, 0.2) is 0 Å². The summed E-state index contributed by atoms with van der Waals surface area (Å²) in [5.41, 5.74) is -0.175. The monoisotopic (exact) mass is 283 g/mol. The highest BCUT2D eigenvalue weighted by molar-refractivity contribution is 7.11. The zero-order valence-corrected chi connectivity index (χ0v) is 13.1. The summed E-state index contributed by atoms with van der Waals surface area (Å²) in [6.07, 6.45) is 4.33. The third-order valence-corrected chi connectivity index (χ3v) is 4.66. The van der Waals surface area contributed by atoms with Gasteiger partial charge in [-0.05, 0) is 45.2 Å². The van der Waals surface area contributed by atoms with E-state index in [1.807, 2.05) is 0 Å². The van der Waals surface area contributed by atoms with Gasteiger partial charge in [-0.25, -0.2) is 0 Å². The number of ether oxygens (including phenoxy) is 1. The topological polar surface area (TPSA) is 47.0 Å². The molecule has 1 N–H and O–H groups in total. The average molecular weight is 283 g/mol. The second kappa shape index (κ2) is 6.77. The second-order valence-electron chi connectivity index (χ2n) is 5.89. The van der Waals surface area contributed by atoms with Crippen LogP contribution in [-0.2, 0) is 16.8 Å². The summed E-state index contributed by atoms with van der Waals surface area (Å²) >= 11 is 1.72. The SMILES string of the molecule is CC(C)CNCCCc1nnc(C2(C)CCCO2)s1. The van der Waals surface area contributed by atoms with E-state index < -0.39 is 0 Å². The summed E-state index contributed by atoms with van der Waals surface area (Å²) in [7, 11) is 0. The molecule has 1 aromatic heterocycles. The highest BCUT2D eigenvalue weighted by Crippen LogP contribution is 2.37. The molecule has 0 aliphatic carbocycles. The van der Waals surface area contributed by atoms with E-state index in [-0.39, 0.29) is 5.60 Å². The molecule has 108 valence electrons. The van der Waals surface area contributed by atoms with E-state index in [1.54, 1.807) is 11.3 Å². The van der Waals surface area contributed by atoms with Crippen LogP contribution in [0.4, 0.5) is 0 Å². The van der Waals surface area contributed by atoms with Crippen molar-refractivity contribution >= 4 is 11.3 Å². The normalized spacial score (nSPS) is 23.4. The van der Waals surface area contributed by atoms with Gasteiger partial charge in [0, 0.05) is 13.0 Å². The van der Waals surface area contributed by atoms with Crippen LogP contribution in [0, 0.1) is 5.92 Å². The Balaban J connectivity index is 1.75. The maximum atomic E-state index is 5.80. The van der Waals surface area contributed by atoms with Crippen LogP contribution in [0.5, 0.6) is 0 Å². The fraction of sp³-hybridized carbons (Fsp3) is 0.857. The minimum Gasteiger partial charge on any atom is -0.368 e. The van der Waals surface area contributed by atoms with E-state index in [0.717, 1.165) is 55.4 Å². The molecule has 1 atom stereocenters. The number of aromatic nitrogens is 2. The van der Waals surface area contributed by atoms with Crippen LogP contribution in [0.15, 0.2) is 0 Å². The van der Waals surface area contributed by atoms with Crippen molar-refractivity contribution in [3.8, 4) is 0 Å². The largest absolute Gasteiger partial charge is 0.368 e. The molecule has 1 aromatic rings. The number of nitrogens with zero attached hydrogens (tertiary/aromatic N) is 2. The molecule has 1 aliphatic rings. The molecular weight excluding hydrogens is 258 g/mol. The summed E-state index contributed by atoms with van der Waals surface area (Å²) in [6, 6.07) is 0. The molecule has 0 saturated carbocycles. The van der Waals surface area contributed by atoms with Gasteiger partial charge >= 0.3 is 0 Å². The molecule has 0 aromatic carbocycles. The Bertz CT molecular complexity index is 386. The van der Waals surface area contributed by atoms with E-state index in [0.29, 0.717) is 5.92 Å². The predicted molar refractivity (Wildman–Crippen MR) is 78.5 cm³/mol. The van der Waals surface area contributed by atoms with Crippen molar-refractivity contribution in [3.05, 3.63) is 10.0 Å². The summed E-state index contributed by atoms with van der Waals surface area (Å²) in [6.45, 7) is 9.59. The molecule has 1 unspecified atom stereocenters. The predicted octanol–water partition coefficient (Wildman–Crippen LogP) is 2.74. The lowest BCUT2D eigenvalue weighted by Gasteiger charge is -2.18. The summed E-state index contributed by atoms with van der Waals surface area (Å²) < 4.78 is 5.80. The summed E-state index contributed by atoms with van der Waals surface area (Å²) in [5, 5.41) is 14.3. The molecule has 5 heteroatoms. The van der Waals surface area contributed by atoms with Crippen molar-refractivity contribution in [3.63, 3.8) is 0 Å². The number of hydrogen-bond donors (Lipinski definition) is 1. The minimum atomic E-state index is -0.175. The van der Waals surface area contributed by atoms with E-state index in [2.05, 4.69) is 36.3 Å². The molecule has 0 radical (unpaired) electrons. The van der Waals surface area contributed by atoms with Crippen molar-refractivity contribution in [1.82, 2.24) is 15.5 Å². The number of rotatable bonds is 7. The van der Waals surface area contributed by atoms with Gasteiger partial charge in [-0.15, -0.1) is 10.2 Å². The quantitative estimate of drug-likeness (QED) is 0.782. The molecular formula is C14H25N3OS. The van der Waals surface area contributed by atoms with E-state index in [9.17, 15) is 0 Å². The van der Waals surface area contributed by atoms with Gasteiger partial charge in [0.25, 0.3) is 0 Å². The zero-order chi connectivity index (χ0) is 13.7. The van der Waals surface area contributed by atoms with Crippen LogP contribution in [0.3, 0.4) is 0 Å². The standard InChI is InChI=1S/C14H25N3OS/c1-11(2)10-15-8-4-6-12-16-17-13(19-12)14(3)7-5-9-18-14/h11,15H,4-10H2,1-3H3. The maximum Gasteiger partial charge on any atom is 0.149 e. The summed E-state index contributed by atoms with van der Waals surface area (Å²) in [4.78, 5) is 0. The molecule has 1 saturated heterocycles. The smallest absolute Gasteiger partial charge is 0.149 e. The van der Waals surface area contributed by atoms with Crippen molar-refractivity contribution in [2.24, 2.45) is 5.92 Å². The molecule has 0 amide bonds. The Morgan fingerprint density at radius 2 is 2.26 bits per heavy atom. The van der Waals surface area contributed by atoms with Gasteiger partial charge in [-0.1, -0.05) is 25.2 Å². The first-order valence-corrected chi connectivity index (χ1v) is 8.09. The molecule has 19 heavy (non-hydrogen) atoms. The lowest BCUT2D eigenvalue weighted by molar-refractivity contribution is 0.0161. The highest BCUT2D eigenvalue weighted by atomic mass is 32.1. The first-order chi connectivity index (χ1) is 9.10. The van der Waals surface area contributed by atoms with Crippen molar-refractivity contribution in [2.45, 2.75) is 52.1 Å². The minimum absolute atomic E-state index is 0.175. The Labute approximate surface area is 120 Å². The van der Waals surface area contributed by atoms with Crippen LogP contribution in [0.25, 0.3) is 0 Å². The molecule has 1 aliphatic heterocycles. The van der Waals surface area contributed by atoms with Gasteiger partial charge in [-0.3, -0.25) is 0 Å². The first-order valence-electron chi connectivity index (χ1n) is 7.28. The van der Waals surface area contributed by atoms with Crippen LogP contribution in [0.1, 0.15) is 50.0 Å². The van der Waals surface area contributed by atoms with Crippen LogP contribution in [0.2, 0.25) is 0 Å². The van der Waals surface area contributed by atoms with Gasteiger partial charge in [-0.2, -0.15) is 0 Å². The molecule has 2 rings (SSSR count). The van der Waals surface area contributed by atoms with E-state index >= 15 is 0 Å². The van der Waals surface area contributed by atoms with Crippen molar-refractivity contribution in [1.29, 1.82) is 0 Å². The van der Waals surface area contributed by atoms with E-state index in [4.69, 9.17) is 4.74 Å². The van der Waals surface area contributed by atoms with Crippen LogP contribution in [-0.4, -0.2) is 29.9 Å². The highest BCUT2D eigenvalue weighted by Gasteiger charge is 2.35. The zero-order valence-electron chi connectivity index (χ0n) is 12.2. The van der Waals surface area contributed by atoms with Gasteiger partial charge in [0.2, 0.25) is 0 Å². The van der Waals surface area contributed by atoms with Crippen LogP contribution >= 0.6 is 11.3 Å². The fourth-order valence-electron chi connectivity index (χ4n) is 2.27. The Hall–Kier alpha value is -0.520. The Morgan fingerprint density at radius 1 is 1.42 bits per heavy atom. The molecule has 4 nitrogen and oxygen atoms in total. The van der Waals surface area contributed by atoms with Gasteiger partial charge in [0.05, 0.1) is 0 Å². The molecule has 0 spiro atoms. The maximum absolute atomic E-state index is 5.80. The average Bonchev–Trinajstić information content (AvgIpc) is 2.98. The van der Waals surface area contributed by atoms with E-state index in [1.165, 1.54) is 0 Å². The van der Waals surface area contributed by atoms with Gasteiger partial charge in [0.1, 0.15) is 15.6 Å². The Morgan fingerprint density at radius 3 is 2.95 bits per heavy atom. The number of nitrogens with one attached hydrogen (secondary N) is 1. The fourth-order valence-corrected chi connectivity index (χ4v) is 3.28. The lowest BCUT2D eigenvalue weighted by Crippen LogP contribution is -2.21. The summed E-state index contributed by atoms with van der Waals surface area (Å²) in [5.74, 6) is 0.715. The second-order valence-corrected chi connectivity index (χ2v) is 6.95. The van der Waals surface area contributed by atoms with Crippen molar-refractivity contribution in [2.75, 3.05) is 19.7 Å². The number of hydrogen-bond acceptors (Lipinski definition) is 5. The molecule has 2 heterocycles. The third kappa shape index (κ3) is 4.23. The molecule has 1 fully saturated rings. The van der Waals surface area contributed by atoms with Crippen LogP contribution < -0.4 is 5.32 Å². The van der Waals surface area contributed by atoms with Crippen molar-refractivity contribution < 1.29 is 4.74 Å².